The quantitative estimate of drug-likeness (QED) is 0.231. The number of carbonyl (C=O) groups excluding carboxylic acids is 1. The Labute approximate surface area is 222 Å². The summed E-state index contributed by atoms with van der Waals surface area (Å²) in [5, 5.41) is 15.0. The van der Waals surface area contributed by atoms with Crippen LogP contribution in [0.5, 0.6) is 0 Å². The van der Waals surface area contributed by atoms with Gasteiger partial charge in [0.2, 0.25) is 5.91 Å². The molecule has 38 heavy (non-hydrogen) atoms. The van der Waals surface area contributed by atoms with Crippen LogP contribution in [0, 0.1) is 0 Å². The van der Waals surface area contributed by atoms with Gasteiger partial charge in [-0.15, -0.1) is 0 Å². The zero-order valence-corrected chi connectivity index (χ0v) is 21.0. The average Bonchev–Trinajstić information content (AvgIpc) is 2.97. The van der Waals surface area contributed by atoms with E-state index in [2.05, 4.69) is 5.32 Å². The first-order valence-electron chi connectivity index (χ1n) is 12.7. The molecule has 5 aromatic rings. The van der Waals surface area contributed by atoms with Crippen LogP contribution < -0.4 is 5.32 Å². The SMILES string of the molecule is O=C(CC(c1ccccc1)(c1ccccc1)c1ccccc1)N[C@H](Cc1cccc2ccccc12)C(=O)O. The Hall–Kier alpha value is -4.70. The van der Waals surface area contributed by atoms with Crippen LogP contribution >= 0.6 is 0 Å². The average molecular weight is 500 g/mol. The van der Waals surface area contributed by atoms with E-state index < -0.39 is 17.4 Å². The molecule has 2 N–H and O–H groups in total. The van der Waals surface area contributed by atoms with E-state index in [0.29, 0.717) is 0 Å². The molecule has 0 spiro atoms. The number of hydrogen-bond donors (Lipinski definition) is 2. The number of carbonyl (C=O) groups is 2. The Bertz CT molecular complexity index is 1430. The van der Waals surface area contributed by atoms with Crippen molar-refractivity contribution in [2.75, 3.05) is 0 Å². The summed E-state index contributed by atoms with van der Waals surface area (Å²) in [4.78, 5) is 26.1. The fourth-order valence-corrected chi connectivity index (χ4v) is 5.35. The van der Waals surface area contributed by atoms with E-state index in [9.17, 15) is 14.7 Å². The number of aliphatic carboxylic acids is 1. The highest BCUT2D eigenvalue weighted by Gasteiger charge is 2.39. The number of carboxylic acid groups (broad SMARTS) is 1. The minimum Gasteiger partial charge on any atom is -0.480 e. The van der Waals surface area contributed by atoms with Gasteiger partial charge in [-0.25, -0.2) is 4.79 Å². The molecule has 0 fully saturated rings. The van der Waals surface area contributed by atoms with Crippen LogP contribution in [-0.2, 0) is 21.4 Å². The Morgan fingerprint density at radius 3 is 1.63 bits per heavy atom. The summed E-state index contributed by atoms with van der Waals surface area (Å²) in [5.74, 6) is -1.38. The van der Waals surface area contributed by atoms with Crippen molar-refractivity contribution in [3.8, 4) is 0 Å². The molecule has 0 saturated carbocycles. The van der Waals surface area contributed by atoms with Crippen LogP contribution in [-0.4, -0.2) is 23.0 Å². The van der Waals surface area contributed by atoms with Crippen molar-refractivity contribution in [2.24, 2.45) is 0 Å². The summed E-state index contributed by atoms with van der Waals surface area (Å²) in [6.45, 7) is 0. The number of rotatable bonds is 9. The van der Waals surface area contributed by atoms with Gasteiger partial charge in [0.15, 0.2) is 0 Å². The number of amides is 1. The van der Waals surface area contributed by atoms with Crippen LogP contribution in [0.3, 0.4) is 0 Å². The maximum Gasteiger partial charge on any atom is 0.326 e. The maximum atomic E-state index is 13.8. The highest BCUT2D eigenvalue weighted by Crippen LogP contribution is 2.42. The van der Waals surface area contributed by atoms with Crippen molar-refractivity contribution < 1.29 is 14.7 Å². The fourth-order valence-electron chi connectivity index (χ4n) is 5.35. The van der Waals surface area contributed by atoms with Crippen molar-refractivity contribution in [2.45, 2.75) is 24.3 Å². The number of benzene rings is 5. The van der Waals surface area contributed by atoms with E-state index in [1.807, 2.05) is 133 Å². The van der Waals surface area contributed by atoms with Gasteiger partial charge in [-0.05, 0) is 33.0 Å². The van der Waals surface area contributed by atoms with Crippen LogP contribution in [0.2, 0.25) is 0 Å². The predicted molar refractivity (Wildman–Crippen MR) is 151 cm³/mol. The molecule has 0 heterocycles. The second kappa shape index (κ2) is 11.1. The van der Waals surface area contributed by atoms with Crippen LogP contribution in [0.15, 0.2) is 133 Å². The van der Waals surface area contributed by atoms with E-state index in [-0.39, 0.29) is 18.7 Å². The molecular weight excluding hydrogens is 470 g/mol. The van der Waals surface area contributed by atoms with Gasteiger partial charge < -0.3 is 10.4 Å². The lowest BCUT2D eigenvalue weighted by molar-refractivity contribution is -0.141. The third kappa shape index (κ3) is 5.07. The number of nitrogens with one attached hydrogen (secondary N) is 1. The van der Waals surface area contributed by atoms with Crippen molar-refractivity contribution >= 4 is 22.6 Å². The molecular formula is C34H29NO3. The first-order chi connectivity index (χ1) is 18.6. The van der Waals surface area contributed by atoms with Crippen molar-refractivity contribution in [1.29, 1.82) is 0 Å². The van der Waals surface area contributed by atoms with Gasteiger partial charge in [0.25, 0.3) is 0 Å². The molecule has 4 nitrogen and oxygen atoms in total. The Balaban J connectivity index is 1.52. The second-order valence-electron chi connectivity index (χ2n) is 9.48. The highest BCUT2D eigenvalue weighted by atomic mass is 16.4. The van der Waals surface area contributed by atoms with Gasteiger partial charge in [0.05, 0.1) is 5.41 Å². The number of carboxylic acids is 1. The summed E-state index contributed by atoms with van der Waals surface area (Å²) in [5.41, 5.74) is 2.99. The molecule has 1 amide bonds. The van der Waals surface area contributed by atoms with E-state index in [0.717, 1.165) is 33.0 Å². The number of hydrogen-bond acceptors (Lipinski definition) is 2. The zero-order chi connectivity index (χ0) is 26.4. The van der Waals surface area contributed by atoms with Crippen molar-refractivity contribution in [3.05, 3.63) is 156 Å². The molecule has 0 aromatic heterocycles. The molecule has 0 radical (unpaired) electrons. The normalized spacial score (nSPS) is 12.1. The first-order valence-corrected chi connectivity index (χ1v) is 12.7. The molecule has 1 atom stereocenters. The summed E-state index contributed by atoms with van der Waals surface area (Å²) >= 11 is 0. The zero-order valence-electron chi connectivity index (χ0n) is 21.0. The molecule has 0 aliphatic rings. The lowest BCUT2D eigenvalue weighted by Gasteiger charge is -2.36. The van der Waals surface area contributed by atoms with Crippen LogP contribution in [0.4, 0.5) is 0 Å². The minimum atomic E-state index is -1.06. The number of fused-ring (bicyclic) bond motifs is 1. The molecule has 5 rings (SSSR count). The third-order valence-electron chi connectivity index (χ3n) is 7.16. The summed E-state index contributed by atoms with van der Waals surface area (Å²) in [6, 6.07) is 42.5. The Kier molecular flexibility index (Phi) is 7.32. The van der Waals surface area contributed by atoms with Gasteiger partial charge in [-0.2, -0.15) is 0 Å². The van der Waals surface area contributed by atoms with Crippen molar-refractivity contribution in [1.82, 2.24) is 5.32 Å². The Morgan fingerprint density at radius 1 is 0.632 bits per heavy atom. The van der Waals surface area contributed by atoms with E-state index in [4.69, 9.17) is 0 Å². The lowest BCUT2D eigenvalue weighted by atomic mass is 9.67. The first kappa shape index (κ1) is 25.0. The van der Waals surface area contributed by atoms with Crippen LogP contribution in [0.25, 0.3) is 10.8 Å². The summed E-state index contributed by atoms with van der Waals surface area (Å²) in [6.07, 6.45) is 0.252. The predicted octanol–water partition coefficient (Wildman–Crippen LogP) is 6.38. The largest absolute Gasteiger partial charge is 0.480 e. The summed E-state index contributed by atoms with van der Waals surface area (Å²) < 4.78 is 0. The lowest BCUT2D eigenvalue weighted by Crippen LogP contribution is -2.45. The minimum absolute atomic E-state index is 0.0599. The van der Waals surface area contributed by atoms with Crippen molar-refractivity contribution in [3.63, 3.8) is 0 Å². The van der Waals surface area contributed by atoms with Gasteiger partial charge >= 0.3 is 5.97 Å². The van der Waals surface area contributed by atoms with E-state index in [1.54, 1.807) is 0 Å². The Morgan fingerprint density at radius 2 is 1.11 bits per heavy atom. The van der Waals surface area contributed by atoms with Crippen LogP contribution in [0.1, 0.15) is 28.7 Å². The van der Waals surface area contributed by atoms with Gasteiger partial charge in [-0.3, -0.25) is 4.79 Å². The second-order valence-corrected chi connectivity index (χ2v) is 9.48. The van der Waals surface area contributed by atoms with Gasteiger partial charge in [-0.1, -0.05) is 133 Å². The molecule has 0 bridgehead atoms. The topological polar surface area (TPSA) is 66.4 Å². The van der Waals surface area contributed by atoms with Gasteiger partial charge in [0.1, 0.15) is 6.04 Å². The molecule has 0 aliphatic heterocycles. The highest BCUT2D eigenvalue weighted by molar-refractivity contribution is 5.88. The smallest absolute Gasteiger partial charge is 0.326 e. The maximum absolute atomic E-state index is 13.8. The molecule has 4 heteroatoms. The standard InChI is InChI=1S/C34H29NO3/c36-32(35-31(33(37)38)23-26-15-12-14-25-13-10-11-22-30(25)26)24-34(27-16-4-1-5-17-27,28-18-6-2-7-19-28)29-20-8-3-9-21-29/h1-22,31H,23-24H2,(H,35,36)(H,37,38)/t31-/m1/s1. The fraction of sp³-hybridized carbons (Fsp3) is 0.118. The molecule has 0 saturated heterocycles. The molecule has 0 aliphatic carbocycles. The monoisotopic (exact) mass is 499 g/mol. The van der Waals surface area contributed by atoms with E-state index in [1.165, 1.54) is 0 Å². The molecule has 5 aromatic carbocycles. The molecule has 0 unspecified atom stereocenters. The summed E-state index contributed by atoms with van der Waals surface area (Å²) in [7, 11) is 0. The van der Waals surface area contributed by atoms with E-state index >= 15 is 0 Å². The molecule has 188 valence electrons. The van der Waals surface area contributed by atoms with Gasteiger partial charge in [0, 0.05) is 12.8 Å². The third-order valence-corrected chi connectivity index (χ3v) is 7.16.